The summed E-state index contributed by atoms with van der Waals surface area (Å²) in [6, 6.07) is 0. The number of carbonyl (C=O) groups is 3. The van der Waals surface area contributed by atoms with Crippen LogP contribution < -0.4 is 0 Å². The Morgan fingerprint density at radius 3 is 1.55 bits per heavy atom. The van der Waals surface area contributed by atoms with Gasteiger partial charge in [0.25, 0.3) is 5.24 Å². The molecule has 2 atom stereocenters. The minimum absolute atomic E-state index is 0.231. The van der Waals surface area contributed by atoms with Crippen LogP contribution >= 0.6 is 11.8 Å². The van der Waals surface area contributed by atoms with Crippen LogP contribution in [-0.2, 0) is 19.1 Å². The van der Waals surface area contributed by atoms with Gasteiger partial charge in [-0.1, -0.05) is 27.7 Å². The number of thioether (sulfide) groups is 1. The van der Waals surface area contributed by atoms with Crippen LogP contribution in [0.5, 0.6) is 0 Å². The monoisotopic (exact) mass is 433 g/mol. The van der Waals surface area contributed by atoms with E-state index in [2.05, 4.69) is 0 Å². The van der Waals surface area contributed by atoms with E-state index in [-0.39, 0.29) is 17.1 Å². The summed E-state index contributed by atoms with van der Waals surface area (Å²) in [6.45, 7) is 19.0. The summed E-state index contributed by atoms with van der Waals surface area (Å²) < 4.78 is 10.5. The molecule has 0 saturated carbocycles. The van der Waals surface area contributed by atoms with Crippen LogP contribution in [0.15, 0.2) is 0 Å². The minimum Gasteiger partial charge on any atom is -0.459 e. The van der Waals surface area contributed by atoms with Gasteiger partial charge in [0.15, 0.2) is 6.10 Å². The first-order chi connectivity index (χ1) is 12.9. The molecule has 8 heteroatoms. The van der Waals surface area contributed by atoms with Crippen molar-refractivity contribution in [2.45, 2.75) is 91.8 Å². The van der Waals surface area contributed by atoms with Gasteiger partial charge < -0.3 is 19.5 Å². The highest BCUT2D eigenvalue weighted by atomic mass is 32.2. The molecule has 0 aromatic rings. The molecule has 0 rings (SSSR count). The van der Waals surface area contributed by atoms with Crippen molar-refractivity contribution >= 4 is 28.9 Å². The third-order valence-electron chi connectivity index (χ3n) is 3.23. The van der Waals surface area contributed by atoms with Gasteiger partial charge in [-0.2, -0.15) is 0 Å². The zero-order chi connectivity index (χ0) is 23.2. The smallest absolute Gasteiger partial charge is 0.337 e. The molecule has 0 heterocycles. The van der Waals surface area contributed by atoms with Crippen LogP contribution in [0, 0.1) is 11.8 Å². The van der Waals surface area contributed by atoms with Gasteiger partial charge in [-0.25, -0.2) is 4.79 Å². The first-order valence-electron chi connectivity index (χ1n) is 10.0. The summed E-state index contributed by atoms with van der Waals surface area (Å²) in [7, 11) is 0. The van der Waals surface area contributed by atoms with Gasteiger partial charge in [0.05, 0.1) is 0 Å². The molecule has 0 aromatic heterocycles. The fourth-order valence-corrected chi connectivity index (χ4v) is 3.28. The Balaban J connectivity index is 5.64. The Kier molecular flexibility index (Phi) is 10.7. The second-order valence-electron chi connectivity index (χ2n) is 10.0. The van der Waals surface area contributed by atoms with E-state index >= 15 is 0 Å². The van der Waals surface area contributed by atoms with Crippen LogP contribution in [0.4, 0.5) is 4.79 Å². The number of hydrogen-bond donors (Lipinski definition) is 1. The van der Waals surface area contributed by atoms with Crippen molar-refractivity contribution in [3.63, 3.8) is 0 Å². The number of esters is 2. The number of amides is 1. The number of ether oxygens (including phenoxy) is 2. The van der Waals surface area contributed by atoms with Gasteiger partial charge in [0.1, 0.15) is 16.5 Å². The molecule has 0 bridgehead atoms. The van der Waals surface area contributed by atoms with Gasteiger partial charge in [-0.05, 0) is 65.1 Å². The van der Waals surface area contributed by atoms with Crippen molar-refractivity contribution in [3.8, 4) is 0 Å². The average molecular weight is 434 g/mol. The second-order valence-corrected chi connectivity index (χ2v) is 11.1. The zero-order valence-electron chi connectivity index (χ0n) is 19.6. The number of carbonyl (C=O) groups excluding carboxylic acids is 3. The molecular weight excluding hydrogens is 394 g/mol. The van der Waals surface area contributed by atoms with Crippen molar-refractivity contribution in [2.24, 2.45) is 11.8 Å². The van der Waals surface area contributed by atoms with Crippen molar-refractivity contribution in [1.82, 2.24) is 4.90 Å². The van der Waals surface area contributed by atoms with E-state index in [9.17, 15) is 19.5 Å². The quantitative estimate of drug-likeness (QED) is 0.581. The van der Waals surface area contributed by atoms with E-state index in [0.717, 1.165) is 0 Å². The lowest BCUT2D eigenvalue weighted by molar-refractivity contribution is -0.171. The normalized spacial score (nSPS) is 14.5. The standard InChI is InChI=1S/C21H39NO6S/c1-13(2)11-22(12-14(3)4)19(26)29-16(18(25)28-21(8,9)10)15(23)17(24)27-20(5,6)7/h13-16,23H,11-12H2,1-10H3/t15-,16?/m1/s1. The summed E-state index contributed by atoms with van der Waals surface area (Å²) in [5, 5.41) is 8.73. The molecular formula is C21H39NO6S. The van der Waals surface area contributed by atoms with Crippen molar-refractivity contribution in [1.29, 1.82) is 0 Å². The van der Waals surface area contributed by atoms with E-state index < -0.39 is 34.5 Å². The molecule has 0 saturated heterocycles. The molecule has 1 amide bonds. The third kappa shape index (κ3) is 12.1. The highest BCUT2D eigenvalue weighted by Gasteiger charge is 2.41. The maximum absolute atomic E-state index is 12.9. The molecule has 7 nitrogen and oxygen atoms in total. The van der Waals surface area contributed by atoms with Crippen molar-refractivity contribution in [3.05, 3.63) is 0 Å². The Morgan fingerprint density at radius 1 is 0.828 bits per heavy atom. The fourth-order valence-electron chi connectivity index (χ4n) is 2.38. The maximum atomic E-state index is 12.9. The van der Waals surface area contributed by atoms with Crippen LogP contribution in [0.25, 0.3) is 0 Å². The van der Waals surface area contributed by atoms with E-state index in [4.69, 9.17) is 9.47 Å². The lowest BCUT2D eigenvalue weighted by Crippen LogP contribution is -2.46. The SMILES string of the molecule is CC(C)CN(CC(C)C)C(=O)SC(C(=O)OC(C)(C)C)[C@@H](O)C(=O)OC(C)(C)C. The summed E-state index contributed by atoms with van der Waals surface area (Å²) in [5.74, 6) is -1.33. The Morgan fingerprint density at radius 2 is 1.21 bits per heavy atom. The molecule has 170 valence electrons. The first-order valence-corrected chi connectivity index (χ1v) is 10.9. The van der Waals surface area contributed by atoms with Gasteiger partial charge >= 0.3 is 11.9 Å². The van der Waals surface area contributed by atoms with Gasteiger partial charge in [-0.3, -0.25) is 9.59 Å². The van der Waals surface area contributed by atoms with Crippen LogP contribution in [0.3, 0.4) is 0 Å². The van der Waals surface area contributed by atoms with Gasteiger partial charge in [0, 0.05) is 13.1 Å². The van der Waals surface area contributed by atoms with E-state index in [0.29, 0.717) is 24.9 Å². The Hall–Kier alpha value is -1.28. The van der Waals surface area contributed by atoms with Crippen molar-refractivity contribution in [2.75, 3.05) is 13.1 Å². The molecule has 0 aliphatic heterocycles. The fraction of sp³-hybridized carbons (Fsp3) is 0.857. The second kappa shape index (κ2) is 11.2. The lowest BCUT2D eigenvalue weighted by Gasteiger charge is -2.30. The number of hydrogen-bond acceptors (Lipinski definition) is 7. The number of aliphatic hydroxyl groups excluding tert-OH is 1. The lowest BCUT2D eigenvalue weighted by atomic mass is 10.1. The highest BCUT2D eigenvalue weighted by molar-refractivity contribution is 8.14. The number of aliphatic hydroxyl groups is 1. The number of nitrogens with zero attached hydrogens (tertiary/aromatic N) is 1. The van der Waals surface area contributed by atoms with E-state index in [1.165, 1.54) is 0 Å². The molecule has 0 spiro atoms. The molecule has 1 unspecified atom stereocenters. The Labute approximate surface area is 179 Å². The molecule has 0 radical (unpaired) electrons. The van der Waals surface area contributed by atoms with E-state index in [1.54, 1.807) is 46.4 Å². The average Bonchev–Trinajstić information content (AvgIpc) is 2.46. The van der Waals surface area contributed by atoms with Crippen LogP contribution in [0.2, 0.25) is 0 Å². The highest BCUT2D eigenvalue weighted by Crippen LogP contribution is 2.26. The maximum Gasteiger partial charge on any atom is 0.337 e. The first kappa shape index (κ1) is 27.7. The number of rotatable bonds is 8. The summed E-state index contributed by atoms with van der Waals surface area (Å²) in [6.07, 6.45) is -1.82. The summed E-state index contributed by atoms with van der Waals surface area (Å²) >= 11 is 0.610. The summed E-state index contributed by atoms with van der Waals surface area (Å²) in [4.78, 5) is 39.6. The molecule has 0 aliphatic rings. The van der Waals surface area contributed by atoms with Gasteiger partial charge in [-0.15, -0.1) is 0 Å². The largest absolute Gasteiger partial charge is 0.459 e. The third-order valence-corrected chi connectivity index (χ3v) is 4.40. The van der Waals surface area contributed by atoms with E-state index in [1.807, 2.05) is 27.7 Å². The minimum atomic E-state index is -1.82. The molecule has 0 fully saturated rings. The topological polar surface area (TPSA) is 93.1 Å². The van der Waals surface area contributed by atoms with Crippen LogP contribution in [0.1, 0.15) is 69.2 Å². The predicted molar refractivity (Wildman–Crippen MR) is 116 cm³/mol. The summed E-state index contributed by atoms with van der Waals surface area (Å²) in [5.41, 5.74) is -1.67. The predicted octanol–water partition coefficient (Wildman–Crippen LogP) is 3.87. The molecule has 0 aliphatic carbocycles. The molecule has 29 heavy (non-hydrogen) atoms. The van der Waals surface area contributed by atoms with Gasteiger partial charge in [0.2, 0.25) is 0 Å². The molecule has 1 N–H and O–H groups in total. The van der Waals surface area contributed by atoms with Crippen LogP contribution in [-0.4, -0.2) is 62.8 Å². The Bertz CT molecular complexity index is 552. The molecule has 0 aromatic carbocycles. The zero-order valence-corrected chi connectivity index (χ0v) is 20.4. The van der Waals surface area contributed by atoms with Crippen molar-refractivity contribution < 1.29 is 29.0 Å².